The Morgan fingerprint density at radius 3 is 1.37 bits per heavy atom. The molecule has 0 aromatic heterocycles. The predicted octanol–water partition coefficient (Wildman–Crippen LogP) is 4.48. The molecule has 0 aliphatic carbocycles. The van der Waals surface area contributed by atoms with Gasteiger partial charge in [-0.3, -0.25) is 10.1 Å². The van der Waals surface area contributed by atoms with E-state index in [-0.39, 0.29) is 11.4 Å². The maximum atomic E-state index is 10.6. The number of nitro groups is 1. The van der Waals surface area contributed by atoms with E-state index < -0.39 is 4.92 Å². The first-order chi connectivity index (χ1) is 17.1. The smallest absolute Gasteiger partial charge is 0.269 e. The molecule has 0 amide bonds. The number of hydrogen-bond donors (Lipinski definition) is 1. The van der Waals surface area contributed by atoms with Crippen LogP contribution in [0, 0.1) is 10.1 Å². The first-order valence-electron chi connectivity index (χ1n) is 11.2. The minimum absolute atomic E-state index is 0.0275. The quantitative estimate of drug-likeness (QED) is 0.180. The number of nitro benzene ring substituents is 1. The van der Waals surface area contributed by atoms with Gasteiger partial charge in [0, 0.05) is 12.1 Å². The maximum absolute atomic E-state index is 10.6. The lowest BCUT2D eigenvalue weighted by Gasteiger charge is -2.09. The molecule has 0 aliphatic heterocycles. The van der Waals surface area contributed by atoms with Crippen LogP contribution >= 0.6 is 0 Å². The molecule has 0 spiro atoms. The summed E-state index contributed by atoms with van der Waals surface area (Å²) in [6.45, 7) is 3.45. The van der Waals surface area contributed by atoms with E-state index in [2.05, 4.69) is 0 Å². The van der Waals surface area contributed by atoms with Crippen LogP contribution < -0.4 is 9.47 Å². The van der Waals surface area contributed by atoms with Crippen molar-refractivity contribution >= 4 is 5.69 Å². The fourth-order valence-electron chi connectivity index (χ4n) is 3.04. The van der Waals surface area contributed by atoms with Gasteiger partial charge in [-0.15, -0.1) is 0 Å². The number of hydrogen-bond acceptors (Lipinski definition) is 8. The number of rotatable bonds is 16. The minimum atomic E-state index is -0.452. The van der Waals surface area contributed by atoms with Crippen LogP contribution in [0.2, 0.25) is 0 Å². The number of benzene rings is 3. The summed E-state index contributed by atoms with van der Waals surface area (Å²) in [5, 5.41) is 20.0. The Labute approximate surface area is 203 Å². The van der Waals surface area contributed by atoms with Gasteiger partial charge in [-0.2, -0.15) is 0 Å². The van der Waals surface area contributed by atoms with Crippen LogP contribution in [-0.2, 0) is 14.2 Å². The van der Waals surface area contributed by atoms with Gasteiger partial charge in [0.15, 0.2) is 0 Å². The summed E-state index contributed by atoms with van der Waals surface area (Å²) in [7, 11) is 0. The molecule has 0 atom stereocenters. The van der Waals surface area contributed by atoms with Crippen molar-refractivity contribution in [2.24, 2.45) is 0 Å². The molecule has 186 valence electrons. The van der Waals surface area contributed by atoms with Crippen LogP contribution in [0.3, 0.4) is 0 Å². The molecular weight excluding hydrogens is 454 g/mol. The van der Waals surface area contributed by atoms with Crippen molar-refractivity contribution in [1.82, 2.24) is 0 Å². The highest BCUT2D eigenvalue weighted by atomic mass is 16.6. The predicted molar refractivity (Wildman–Crippen MR) is 130 cm³/mol. The first kappa shape index (κ1) is 26.0. The summed E-state index contributed by atoms with van der Waals surface area (Å²) in [5.41, 5.74) is 2.10. The van der Waals surface area contributed by atoms with Crippen molar-refractivity contribution in [3.63, 3.8) is 0 Å². The Kier molecular flexibility index (Phi) is 10.8. The fraction of sp³-hybridized carbons (Fsp3) is 0.308. The molecule has 0 heterocycles. The van der Waals surface area contributed by atoms with E-state index in [1.165, 1.54) is 12.1 Å². The SMILES string of the molecule is O=[N+]([O-])c1ccc(OCCOCCOCCOCCOc2ccc(-c3ccc(O)cc3)cc2)cc1. The van der Waals surface area contributed by atoms with Gasteiger partial charge in [-0.05, 0) is 47.5 Å². The molecule has 0 radical (unpaired) electrons. The fourth-order valence-corrected chi connectivity index (χ4v) is 3.04. The molecule has 3 aromatic carbocycles. The monoisotopic (exact) mass is 483 g/mol. The third-order valence-corrected chi connectivity index (χ3v) is 4.84. The normalized spacial score (nSPS) is 10.7. The van der Waals surface area contributed by atoms with E-state index in [9.17, 15) is 15.2 Å². The lowest BCUT2D eigenvalue weighted by atomic mass is 10.1. The standard InChI is InChI=1S/C26H29NO8/c28-24-7-1-21(2-8-24)22-3-9-25(10-4-22)34-19-17-32-15-13-31-14-16-33-18-20-35-26-11-5-23(6-12-26)27(29)30/h1-12,28H,13-20H2. The van der Waals surface area contributed by atoms with E-state index in [4.69, 9.17) is 23.7 Å². The van der Waals surface area contributed by atoms with Crippen molar-refractivity contribution in [2.45, 2.75) is 0 Å². The Hall–Kier alpha value is -3.66. The zero-order chi connectivity index (χ0) is 24.7. The van der Waals surface area contributed by atoms with Crippen LogP contribution in [0.25, 0.3) is 11.1 Å². The molecule has 3 aromatic rings. The van der Waals surface area contributed by atoms with Crippen LogP contribution in [-0.4, -0.2) is 62.9 Å². The maximum Gasteiger partial charge on any atom is 0.269 e. The molecule has 0 saturated heterocycles. The van der Waals surface area contributed by atoms with Crippen molar-refractivity contribution in [2.75, 3.05) is 52.9 Å². The number of non-ortho nitro benzene ring substituents is 1. The topological polar surface area (TPSA) is 110 Å². The van der Waals surface area contributed by atoms with Crippen molar-refractivity contribution in [3.8, 4) is 28.4 Å². The Morgan fingerprint density at radius 1 is 0.571 bits per heavy atom. The van der Waals surface area contributed by atoms with Crippen LogP contribution in [0.1, 0.15) is 0 Å². The van der Waals surface area contributed by atoms with E-state index in [0.29, 0.717) is 58.6 Å². The summed E-state index contributed by atoms with van der Waals surface area (Å²) in [6, 6.07) is 20.7. The third-order valence-electron chi connectivity index (χ3n) is 4.84. The molecule has 1 N–H and O–H groups in total. The summed E-state index contributed by atoms with van der Waals surface area (Å²) >= 11 is 0. The van der Waals surface area contributed by atoms with Gasteiger partial charge >= 0.3 is 0 Å². The minimum Gasteiger partial charge on any atom is -0.508 e. The van der Waals surface area contributed by atoms with Crippen LogP contribution in [0.5, 0.6) is 17.2 Å². The van der Waals surface area contributed by atoms with Crippen molar-refractivity contribution < 1.29 is 33.7 Å². The average molecular weight is 484 g/mol. The zero-order valence-electron chi connectivity index (χ0n) is 19.3. The van der Waals surface area contributed by atoms with E-state index >= 15 is 0 Å². The van der Waals surface area contributed by atoms with Crippen LogP contribution in [0.4, 0.5) is 5.69 Å². The Morgan fingerprint density at radius 2 is 0.943 bits per heavy atom. The molecule has 0 unspecified atom stereocenters. The molecule has 35 heavy (non-hydrogen) atoms. The summed E-state index contributed by atoms with van der Waals surface area (Å²) in [6.07, 6.45) is 0. The lowest BCUT2D eigenvalue weighted by Crippen LogP contribution is -2.14. The number of aromatic hydroxyl groups is 1. The molecule has 0 saturated carbocycles. The Bertz CT molecular complexity index is 1010. The van der Waals surface area contributed by atoms with E-state index in [1.807, 2.05) is 36.4 Å². The molecule has 0 aliphatic rings. The van der Waals surface area contributed by atoms with Crippen molar-refractivity contribution in [1.29, 1.82) is 0 Å². The highest BCUT2D eigenvalue weighted by Gasteiger charge is 2.04. The van der Waals surface area contributed by atoms with E-state index in [1.54, 1.807) is 24.3 Å². The van der Waals surface area contributed by atoms with Gasteiger partial charge in [0.05, 0.1) is 44.6 Å². The summed E-state index contributed by atoms with van der Waals surface area (Å²) in [5.74, 6) is 1.57. The van der Waals surface area contributed by atoms with Gasteiger partial charge in [0.2, 0.25) is 0 Å². The van der Waals surface area contributed by atoms with Gasteiger partial charge in [0.25, 0.3) is 5.69 Å². The van der Waals surface area contributed by atoms with Gasteiger partial charge < -0.3 is 28.8 Å². The average Bonchev–Trinajstić information content (AvgIpc) is 2.88. The highest BCUT2D eigenvalue weighted by Crippen LogP contribution is 2.24. The zero-order valence-corrected chi connectivity index (χ0v) is 19.3. The number of ether oxygens (including phenoxy) is 5. The molecule has 3 rings (SSSR count). The largest absolute Gasteiger partial charge is 0.508 e. The highest BCUT2D eigenvalue weighted by molar-refractivity contribution is 5.64. The summed E-state index contributed by atoms with van der Waals surface area (Å²) in [4.78, 5) is 10.2. The number of phenolic OH excluding ortho intramolecular Hbond substituents is 1. The molecule has 9 nitrogen and oxygen atoms in total. The first-order valence-corrected chi connectivity index (χ1v) is 11.2. The lowest BCUT2D eigenvalue weighted by molar-refractivity contribution is -0.384. The van der Waals surface area contributed by atoms with Gasteiger partial charge in [0.1, 0.15) is 30.5 Å². The number of phenols is 1. The summed E-state index contributed by atoms with van der Waals surface area (Å²) < 4.78 is 27.5. The second-order valence-corrected chi connectivity index (χ2v) is 7.36. The van der Waals surface area contributed by atoms with Crippen LogP contribution in [0.15, 0.2) is 72.8 Å². The number of nitrogens with zero attached hydrogens (tertiary/aromatic N) is 1. The van der Waals surface area contributed by atoms with Crippen molar-refractivity contribution in [3.05, 3.63) is 82.9 Å². The van der Waals surface area contributed by atoms with E-state index in [0.717, 1.165) is 16.9 Å². The molecule has 9 heteroatoms. The molecular formula is C26H29NO8. The second kappa shape index (κ2) is 14.6. The van der Waals surface area contributed by atoms with Gasteiger partial charge in [-0.25, -0.2) is 0 Å². The Balaban J connectivity index is 1.13. The molecule has 0 bridgehead atoms. The van der Waals surface area contributed by atoms with Gasteiger partial charge in [-0.1, -0.05) is 24.3 Å². The third kappa shape index (κ3) is 9.62. The molecule has 0 fully saturated rings. The second-order valence-electron chi connectivity index (χ2n) is 7.36.